The molecule has 0 aliphatic heterocycles. The smallest absolute Gasteiger partial charge is 0.310 e. The van der Waals surface area contributed by atoms with Gasteiger partial charge in [-0.3, -0.25) is 4.79 Å². The van der Waals surface area contributed by atoms with Crippen LogP contribution in [0.5, 0.6) is 11.8 Å². The third-order valence-electron chi connectivity index (χ3n) is 1.96. The Labute approximate surface area is 94.3 Å². The molecular weight excluding hydrogens is 210 g/mol. The molecule has 16 heavy (non-hydrogen) atoms. The second-order valence-electron chi connectivity index (χ2n) is 3.00. The number of pyridine rings is 1. The maximum Gasteiger partial charge on any atom is 0.310 e. The first kappa shape index (κ1) is 12.3. The van der Waals surface area contributed by atoms with Crippen molar-refractivity contribution in [3.8, 4) is 11.8 Å². The summed E-state index contributed by atoms with van der Waals surface area (Å²) in [5.41, 5.74) is 0.682. The first-order valence-electron chi connectivity index (χ1n) is 4.94. The van der Waals surface area contributed by atoms with E-state index in [-0.39, 0.29) is 12.4 Å². The topological polar surface area (TPSA) is 57.7 Å². The van der Waals surface area contributed by atoms with Crippen LogP contribution >= 0.6 is 0 Å². The molecule has 0 saturated carbocycles. The summed E-state index contributed by atoms with van der Waals surface area (Å²) in [5.74, 6) is 0.532. The Morgan fingerprint density at radius 3 is 2.62 bits per heavy atom. The molecule has 5 heteroatoms. The summed E-state index contributed by atoms with van der Waals surface area (Å²) < 4.78 is 14.9. The van der Waals surface area contributed by atoms with Crippen molar-refractivity contribution in [2.24, 2.45) is 0 Å². The zero-order valence-corrected chi connectivity index (χ0v) is 9.65. The van der Waals surface area contributed by atoms with Gasteiger partial charge < -0.3 is 14.2 Å². The molecule has 0 fully saturated rings. The van der Waals surface area contributed by atoms with Gasteiger partial charge in [0, 0.05) is 11.6 Å². The molecule has 0 aliphatic carbocycles. The van der Waals surface area contributed by atoms with Crippen LogP contribution in [-0.2, 0) is 16.0 Å². The van der Waals surface area contributed by atoms with Crippen LogP contribution in [0.3, 0.4) is 0 Å². The van der Waals surface area contributed by atoms with Gasteiger partial charge in [-0.15, -0.1) is 0 Å². The zero-order valence-electron chi connectivity index (χ0n) is 9.65. The summed E-state index contributed by atoms with van der Waals surface area (Å²) in [6, 6.07) is 3.42. The first-order chi connectivity index (χ1) is 7.71. The lowest BCUT2D eigenvalue weighted by molar-refractivity contribution is -0.142. The number of carbonyl (C=O) groups is 1. The van der Waals surface area contributed by atoms with Gasteiger partial charge >= 0.3 is 5.97 Å². The average molecular weight is 225 g/mol. The van der Waals surface area contributed by atoms with Crippen LogP contribution in [0, 0.1) is 0 Å². The van der Waals surface area contributed by atoms with Crippen molar-refractivity contribution in [2.75, 3.05) is 20.8 Å². The summed E-state index contributed by atoms with van der Waals surface area (Å²) in [6.45, 7) is 2.13. The minimum atomic E-state index is -0.298. The Morgan fingerprint density at radius 2 is 2.06 bits per heavy atom. The second-order valence-corrected chi connectivity index (χ2v) is 3.00. The second kappa shape index (κ2) is 5.95. The molecule has 0 saturated heterocycles. The Morgan fingerprint density at radius 1 is 1.31 bits per heavy atom. The number of hydrogen-bond donors (Lipinski definition) is 0. The van der Waals surface area contributed by atoms with E-state index in [1.807, 2.05) is 0 Å². The fourth-order valence-electron chi connectivity index (χ4n) is 1.24. The molecule has 0 atom stereocenters. The maximum absolute atomic E-state index is 11.3. The van der Waals surface area contributed by atoms with Gasteiger partial charge in [0.25, 0.3) is 0 Å². The Bertz CT molecular complexity index is 365. The van der Waals surface area contributed by atoms with Gasteiger partial charge in [-0.1, -0.05) is 0 Å². The third-order valence-corrected chi connectivity index (χ3v) is 1.96. The van der Waals surface area contributed by atoms with E-state index in [1.165, 1.54) is 14.2 Å². The first-order valence-corrected chi connectivity index (χ1v) is 4.94. The van der Waals surface area contributed by atoms with Gasteiger partial charge in [0.05, 0.1) is 27.2 Å². The molecule has 1 aromatic heterocycles. The number of rotatable bonds is 5. The van der Waals surface area contributed by atoms with E-state index < -0.39 is 0 Å². The summed E-state index contributed by atoms with van der Waals surface area (Å²) in [7, 11) is 3.02. The highest BCUT2D eigenvalue weighted by Gasteiger charge is 2.11. The summed E-state index contributed by atoms with van der Waals surface area (Å²) in [5, 5.41) is 0. The monoisotopic (exact) mass is 225 g/mol. The summed E-state index contributed by atoms with van der Waals surface area (Å²) >= 11 is 0. The molecule has 0 radical (unpaired) electrons. The zero-order chi connectivity index (χ0) is 12.0. The van der Waals surface area contributed by atoms with Crippen LogP contribution in [0.4, 0.5) is 0 Å². The van der Waals surface area contributed by atoms with E-state index in [4.69, 9.17) is 14.2 Å². The van der Waals surface area contributed by atoms with E-state index in [0.29, 0.717) is 23.9 Å². The highest BCUT2D eigenvalue weighted by Crippen LogP contribution is 2.20. The Hall–Kier alpha value is -1.78. The molecule has 1 heterocycles. The molecule has 0 N–H and O–H groups in total. The summed E-state index contributed by atoms with van der Waals surface area (Å²) in [4.78, 5) is 15.4. The van der Waals surface area contributed by atoms with Gasteiger partial charge in [-0.05, 0) is 13.0 Å². The number of nitrogens with zero attached hydrogens (tertiary/aromatic N) is 1. The van der Waals surface area contributed by atoms with E-state index in [2.05, 4.69) is 4.98 Å². The van der Waals surface area contributed by atoms with E-state index in [9.17, 15) is 4.79 Å². The molecule has 0 bridgehead atoms. The van der Waals surface area contributed by atoms with Crippen molar-refractivity contribution in [2.45, 2.75) is 13.3 Å². The van der Waals surface area contributed by atoms with Crippen LogP contribution in [0.25, 0.3) is 0 Å². The number of carbonyl (C=O) groups excluding carboxylic acids is 1. The van der Waals surface area contributed by atoms with Crippen molar-refractivity contribution in [1.82, 2.24) is 4.98 Å². The SMILES string of the molecule is CCOC(=O)Cc1ccc(OC)nc1OC. The number of aromatic nitrogens is 1. The van der Waals surface area contributed by atoms with E-state index in [1.54, 1.807) is 19.1 Å². The van der Waals surface area contributed by atoms with Crippen molar-refractivity contribution < 1.29 is 19.0 Å². The number of esters is 1. The standard InChI is InChI=1S/C11H15NO4/c1-4-16-10(13)7-8-5-6-9(14-2)12-11(8)15-3/h5-6H,4,7H2,1-3H3. The fraction of sp³-hybridized carbons (Fsp3) is 0.455. The molecule has 0 aromatic carbocycles. The van der Waals surface area contributed by atoms with Crippen molar-refractivity contribution >= 4 is 5.97 Å². The Kier molecular flexibility index (Phi) is 4.57. The lowest BCUT2D eigenvalue weighted by atomic mass is 10.2. The van der Waals surface area contributed by atoms with Gasteiger partial charge in [0.2, 0.25) is 11.8 Å². The van der Waals surface area contributed by atoms with Gasteiger partial charge in [0.1, 0.15) is 0 Å². The van der Waals surface area contributed by atoms with Crippen molar-refractivity contribution in [3.63, 3.8) is 0 Å². The molecule has 1 rings (SSSR count). The molecule has 0 aliphatic rings. The fourth-order valence-corrected chi connectivity index (χ4v) is 1.24. The van der Waals surface area contributed by atoms with Gasteiger partial charge in [-0.25, -0.2) is 0 Å². The van der Waals surface area contributed by atoms with Crippen molar-refractivity contribution in [3.05, 3.63) is 17.7 Å². The minimum absolute atomic E-state index is 0.147. The number of hydrogen-bond acceptors (Lipinski definition) is 5. The lowest BCUT2D eigenvalue weighted by Crippen LogP contribution is -2.09. The molecule has 0 amide bonds. The maximum atomic E-state index is 11.3. The average Bonchev–Trinajstić information content (AvgIpc) is 2.30. The Balaban J connectivity index is 2.83. The molecule has 5 nitrogen and oxygen atoms in total. The highest BCUT2D eigenvalue weighted by atomic mass is 16.5. The van der Waals surface area contributed by atoms with Crippen LogP contribution in [0.2, 0.25) is 0 Å². The molecule has 0 spiro atoms. The number of ether oxygens (including phenoxy) is 3. The van der Waals surface area contributed by atoms with Crippen LogP contribution in [-0.4, -0.2) is 31.8 Å². The van der Waals surface area contributed by atoms with Crippen LogP contribution < -0.4 is 9.47 Å². The molecule has 88 valence electrons. The van der Waals surface area contributed by atoms with E-state index >= 15 is 0 Å². The predicted octanol–water partition coefficient (Wildman–Crippen LogP) is 1.20. The van der Waals surface area contributed by atoms with Gasteiger partial charge in [0.15, 0.2) is 0 Å². The van der Waals surface area contributed by atoms with Gasteiger partial charge in [-0.2, -0.15) is 4.98 Å². The quantitative estimate of drug-likeness (QED) is 0.705. The lowest BCUT2D eigenvalue weighted by Gasteiger charge is -2.08. The molecule has 1 aromatic rings. The minimum Gasteiger partial charge on any atom is -0.481 e. The van der Waals surface area contributed by atoms with Crippen LogP contribution in [0.1, 0.15) is 12.5 Å². The third kappa shape index (κ3) is 3.12. The largest absolute Gasteiger partial charge is 0.481 e. The number of methoxy groups -OCH3 is 2. The summed E-state index contributed by atoms with van der Waals surface area (Å²) in [6.07, 6.45) is 0.147. The molecular formula is C11H15NO4. The predicted molar refractivity (Wildman–Crippen MR) is 57.7 cm³/mol. The van der Waals surface area contributed by atoms with Crippen LogP contribution in [0.15, 0.2) is 12.1 Å². The normalized spacial score (nSPS) is 9.69. The van der Waals surface area contributed by atoms with Crippen molar-refractivity contribution in [1.29, 1.82) is 0 Å². The molecule has 0 unspecified atom stereocenters. The van der Waals surface area contributed by atoms with E-state index in [0.717, 1.165) is 0 Å². The highest BCUT2D eigenvalue weighted by molar-refractivity contribution is 5.73.